The van der Waals surface area contributed by atoms with Crippen LogP contribution in [-0.2, 0) is 14.4 Å². The quantitative estimate of drug-likeness (QED) is 0.0395. The summed E-state index contributed by atoms with van der Waals surface area (Å²) in [6.07, 6.45) is 49.5. The zero-order valence-electron chi connectivity index (χ0n) is 42.4. The number of aliphatic hydroxyl groups excluding tert-OH is 3. The molecule has 0 aliphatic carbocycles. The van der Waals surface area contributed by atoms with E-state index in [0.29, 0.717) is 0 Å². The van der Waals surface area contributed by atoms with E-state index in [4.69, 9.17) is 0 Å². The Balaban J connectivity index is -0.000000419. The maximum Gasteiger partial charge on any atom is 3.00 e. The minimum Gasteiger partial charge on any atom is -0.550 e. The second kappa shape index (κ2) is 59.8. The third-order valence-electron chi connectivity index (χ3n) is 12.4. The van der Waals surface area contributed by atoms with Gasteiger partial charge in [-0.1, -0.05) is 233 Å². The first kappa shape index (κ1) is 69.4. The van der Waals surface area contributed by atoms with Crippen molar-refractivity contribution in [1.82, 2.24) is 0 Å². The zero-order chi connectivity index (χ0) is 47.3. The summed E-state index contributed by atoms with van der Waals surface area (Å²) < 4.78 is 0. The molecule has 0 aromatic rings. The number of carboxylic acids is 3. The van der Waals surface area contributed by atoms with Crippen LogP contribution in [0.5, 0.6) is 0 Å². The summed E-state index contributed by atoms with van der Waals surface area (Å²) >= 11 is 0. The largest absolute Gasteiger partial charge is 3.00 e. The SMILES string of the molecule is CCC(O)CCCCCCCCCCCCCCC(=O)[O-].CCC(O)CCCCCCCCCCCCCCC(=O)[O-].CCC(O)CCCCCCCCCCCCCCC(=O)[O-].[Al+3]. The third-order valence-corrected chi connectivity index (χ3v) is 12.4. The molecule has 0 bridgehead atoms. The molecule has 3 atom stereocenters. The summed E-state index contributed by atoms with van der Waals surface area (Å²) in [6, 6.07) is 0. The Morgan fingerprint density at radius 3 is 0.531 bits per heavy atom. The van der Waals surface area contributed by atoms with Crippen LogP contribution in [0, 0.1) is 0 Å². The number of carbonyl (C=O) groups excluding carboxylic acids is 3. The van der Waals surface area contributed by atoms with Crippen molar-refractivity contribution in [3.8, 4) is 0 Å². The van der Waals surface area contributed by atoms with Gasteiger partial charge in [-0.2, -0.15) is 0 Å². The van der Waals surface area contributed by atoms with E-state index in [2.05, 4.69) is 0 Å². The van der Waals surface area contributed by atoms with Gasteiger partial charge in [-0.15, -0.1) is 0 Å². The fourth-order valence-corrected chi connectivity index (χ4v) is 7.86. The Bertz CT molecular complexity index is 807. The van der Waals surface area contributed by atoms with Crippen molar-refractivity contribution in [2.75, 3.05) is 0 Å². The molecule has 3 N–H and O–H groups in total. The fourth-order valence-electron chi connectivity index (χ4n) is 7.86. The molecule has 378 valence electrons. The van der Waals surface area contributed by atoms with Gasteiger partial charge in [0.25, 0.3) is 0 Å². The Morgan fingerprint density at radius 1 is 0.281 bits per heavy atom. The molecule has 0 aliphatic rings. The minimum absolute atomic E-state index is 0. The summed E-state index contributed by atoms with van der Waals surface area (Å²) in [5.74, 6) is -2.75. The Kier molecular flexibility index (Phi) is 64.9. The topological polar surface area (TPSA) is 181 Å². The number of rotatable bonds is 48. The van der Waals surface area contributed by atoms with Crippen LogP contribution in [0.3, 0.4) is 0 Å². The van der Waals surface area contributed by atoms with Crippen molar-refractivity contribution >= 4 is 35.3 Å². The standard InChI is InChI=1S/3C18H36O3.Al/c3*1-2-17(19)15-13-11-9-7-5-3-4-6-8-10-12-14-16-18(20)21;/h3*17,19H,2-16H2,1H3,(H,20,21);/q;;;+3/p-3. The van der Waals surface area contributed by atoms with Crippen molar-refractivity contribution < 1.29 is 45.0 Å². The van der Waals surface area contributed by atoms with Gasteiger partial charge in [0.15, 0.2) is 0 Å². The van der Waals surface area contributed by atoms with Crippen molar-refractivity contribution in [2.45, 2.75) is 328 Å². The van der Waals surface area contributed by atoms with Gasteiger partial charge in [-0.05, 0) is 77.0 Å². The van der Waals surface area contributed by atoms with Gasteiger partial charge in [0.2, 0.25) is 0 Å². The number of carboxylic acid groups (broad SMARTS) is 3. The van der Waals surface area contributed by atoms with E-state index in [1.54, 1.807) is 0 Å². The van der Waals surface area contributed by atoms with E-state index in [1.807, 2.05) is 20.8 Å². The summed E-state index contributed by atoms with van der Waals surface area (Å²) in [5.41, 5.74) is 0. The first-order valence-corrected chi connectivity index (χ1v) is 27.1. The predicted molar refractivity (Wildman–Crippen MR) is 264 cm³/mol. The molecule has 3 unspecified atom stereocenters. The van der Waals surface area contributed by atoms with Gasteiger partial charge in [0.05, 0.1) is 18.3 Å². The first-order chi connectivity index (χ1) is 30.5. The van der Waals surface area contributed by atoms with Crippen LogP contribution in [0.4, 0.5) is 0 Å². The van der Waals surface area contributed by atoms with Crippen LogP contribution in [0.1, 0.15) is 310 Å². The number of aliphatic carboxylic acids is 3. The summed E-state index contributed by atoms with van der Waals surface area (Å²) in [5, 5.41) is 59.0. The second-order valence-electron chi connectivity index (χ2n) is 18.6. The molecule has 0 aromatic carbocycles. The van der Waals surface area contributed by atoms with Gasteiger partial charge < -0.3 is 45.0 Å². The molecule has 0 rings (SSSR count). The van der Waals surface area contributed by atoms with Gasteiger partial charge in [-0.25, -0.2) is 0 Å². The average Bonchev–Trinajstić information content (AvgIpc) is 3.26. The number of unbranched alkanes of at least 4 members (excludes halogenated alkanes) is 33. The molecule has 0 heterocycles. The Labute approximate surface area is 406 Å². The minimum atomic E-state index is -0.917. The molecule has 9 nitrogen and oxygen atoms in total. The number of aliphatic hydroxyl groups is 3. The van der Waals surface area contributed by atoms with E-state index in [-0.39, 0.29) is 54.9 Å². The molecular weight excluding hydrogens is 820 g/mol. The van der Waals surface area contributed by atoms with Crippen LogP contribution in [0.25, 0.3) is 0 Å². The van der Waals surface area contributed by atoms with E-state index < -0.39 is 17.9 Å². The van der Waals surface area contributed by atoms with Gasteiger partial charge in [0.1, 0.15) is 0 Å². The molecule has 0 fully saturated rings. The van der Waals surface area contributed by atoms with Crippen LogP contribution < -0.4 is 15.3 Å². The van der Waals surface area contributed by atoms with E-state index in [9.17, 15) is 45.0 Å². The third kappa shape index (κ3) is 69.9. The second-order valence-corrected chi connectivity index (χ2v) is 18.6. The first-order valence-electron chi connectivity index (χ1n) is 27.1. The molecular formula is C54H105AlO9. The van der Waals surface area contributed by atoms with Crippen LogP contribution in [-0.4, -0.2) is 68.9 Å². The molecule has 0 aromatic heterocycles. The van der Waals surface area contributed by atoms with Crippen molar-refractivity contribution in [3.05, 3.63) is 0 Å². The maximum absolute atomic E-state index is 10.2. The molecule has 64 heavy (non-hydrogen) atoms. The number of hydrogen-bond acceptors (Lipinski definition) is 9. The van der Waals surface area contributed by atoms with Crippen molar-refractivity contribution in [1.29, 1.82) is 0 Å². The van der Waals surface area contributed by atoms with Crippen molar-refractivity contribution in [3.63, 3.8) is 0 Å². The number of carbonyl (C=O) groups is 3. The summed E-state index contributed by atoms with van der Waals surface area (Å²) in [7, 11) is 0. The van der Waals surface area contributed by atoms with Crippen molar-refractivity contribution in [2.24, 2.45) is 0 Å². The molecule has 0 spiro atoms. The van der Waals surface area contributed by atoms with Crippen LogP contribution in [0.2, 0.25) is 0 Å². The summed E-state index contributed by atoms with van der Waals surface area (Å²) in [6.45, 7) is 6.11. The molecule has 10 heteroatoms. The normalized spacial score (nSPS) is 12.3. The fraction of sp³-hybridized carbons (Fsp3) is 0.944. The molecule has 0 radical (unpaired) electrons. The molecule has 0 amide bonds. The van der Waals surface area contributed by atoms with Crippen LogP contribution >= 0.6 is 0 Å². The van der Waals surface area contributed by atoms with E-state index in [1.165, 1.54) is 173 Å². The monoisotopic (exact) mass is 925 g/mol. The smallest absolute Gasteiger partial charge is 0.550 e. The Hall–Kier alpha value is -1.18. The molecule has 0 aliphatic heterocycles. The Morgan fingerprint density at radius 2 is 0.406 bits per heavy atom. The summed E-state index contributed by atoms with van der Waals surface area (Å²) in [4.78, 5) is 30.7. The molecule has 0 saturated carbocycles. The van der Waals surface area contributed by atoms with Gasteiger partial charge in [-0.3, -0.25) is 0 Å². The van der Waals surface area contributed by atoms with E-state index >= 15 is 0 Å². The average molecular weight is 925 g/mol. The van der Waals surface area contributed by atoms with Gasteiger partial charge >= 0.3 is 17.4 Å². The van der Waals surface area contributed by atoms with Crippen LogP contribution in [0.15, 0.2) is 0 Å². The maximum atomic E-state index is 10.2. The zero-order valence-corrected chi connectivity index (χ0v) is 43.6. The van der Waals surface area contributed by atoms with E-state index in [0.717, 1.165) is 96.3 Å². The predicted octanol–water partition coefficient (Wildman–Crippen LogP) is 11.5. The van der Waals surface area contributed by atoms with Gasteiger partial charge in [0, 0.05) is 17.9 Å². The number of hydrogen-bond donors (Lipinski definition) is 3. The molecule has 0 saturated heterocycles.